The van der Waals surface area contributed by atoms with E-state index < -0.39 is 9.84 Å². The number of nitrogens with zero attached hydrogens (tertiary/aromatic N) is 6. The normalized spacial score (nSPS) is 18.1. The van der Waals surface area contributed by atoms with E-state index in [-0.39, 0.29) is 16.7 Å². The zero-order valence-electron chi connectivity index (χ0n) is 14.9. The van der Waals surface area contributed by atoms with Crippen LogP contribution in [0.1, 0.15) is 39.8 Å². The third kappa shape index (κ3) is 3.21. The highest BCUT2D eigenvalue weighted by molar-refractivity contribution is 7.90. The van der Waals surface area contributed by atoms with Gasteiger partial charge in [0.05, 0.1) is 23.1 Å². The predicted octanol–water partition coefficient (Wildman–Crippen LogP) is 1.31. The molecule has 0 radical (unpaired) electrons. The number of carbonyl (C=O) groups excluding carboxylic acids is 1. The van der Waals surface area contributed by atoms with Crippen LogP contribution in [0.5, 0.6) is 0 Å². The fourth-order valence-corrected chi connectivity index (χ4v) is 5.12. The highest BCUT2D eigenvalue weighted by atomic mass is 32.2. The van der Waals surface area contributed by atoms with Gasteiger partial charge in [-0.05, 0) is 19.8 Å². The fourth-order valence-electron chi connectivity index (χ4n) is 3.48. The molecular weight excluding hydrogens is 388 g/mol. The summed E-state index contributed by atoms with van der Waals surface area (Å²) in [6.45, 7) is 2.86. The Kier molecular flexibility index (Phi) is 4.42. The fraction of sp³-hybridized carbons (Fsp3) is 0.438. The molecule has 27 heavy (non-hydrogen) atoms. The van der Waals surface area contributed by atoms with E-state index in [2.05, 4.69) is 20.1 Å². The van der Waals surface area contributed by atoms with Gasteiger partial charge in [0.15, 0.2) is 9.84 Å². The number of aromatic nitrogens is 5. The number of piperidine rings is 1. The number of hydrogen-bond acceptors (Lipinski definition) is 8. The summed E-state index contributed by atoms with van der Waals surface area (Å²) in [5.74, 6) is 0.108. The SMILES string of the molecule is Cc1ncsc1C(=O)N1CCC[C@@H](c2c(S(C)(=O)=O)cnc3ncnn23)C1. The molecule has 3 aromatic rings. The molecule has 1 fully saturated rings. The summed E-state index contributed by atoms with van der Waals surface area (Å²) in [7, 11) is -3.50. The molecule has 0 aliphatic carbocycles. The Morgan fingerprint density at radius 2 is 2.11 bits per heavy atom. The van der Waals surface area contributed by atoms with E-state index in [1.807, 2.05) is 6.92 Å². The number of likely N-dealkylation sites (tertiary alicyclic amines) is 1. The zero-order chi connectivity index (χ0) is 19.2. The highest BCUT2D eigenvalue weighted by Gasteiger charge is 2.32. The second kappa shape index (κ2) is 6.64. The third-order valence-electron chi connectivity index (χ3n) is 4.74. The van der Waals surface area contributed by atoms with Crippen molar-refractivity contribution in [3.05, 3.63) is 34.3 Å². The van der Waals surface area contributed by atoms with Crippen molar-refractivity contribution in [2.24, 2.45) is 0 Å². The Morgan fingerprint density at radius 1 is 1.30 bits per heavy atom. The highest BCUT2D eigenvalue weighted by Crippen LogP contribution is 2.32. The molecule has 0 N–H and O–H groups in total. The lowest BCUT2D eigenvalue weighted by Gasteiger charge is -2.33. The minimum Gasteiger partial charge on any atom is -0.337 e. The molecule has 0 bridgehead atoms. The number of hydrogen-bond donors (Lipinski definition) is 0. The first-order valence-corrected chi connectivity index (χ1v) is 11.2. The largest absolute Gasteiger partial charge is 0.337 e. The van der Waals surface area contributed by atoms with Gasteiger partial charge in [-0.25, -0.2) is 18.4 Å². The number of carbonyl (C=O) groups is 1. The molecule has 4 heterocycles. The van der Waals surface area contributed by atoms with Crippen LogP contribution in [-0.2, 0) is 9.84 Å². The monoisotopic (exact) mass is 406 g/mol. The first-order chi connectivity index (χ1) is 12.9. The molecular formula is C16H18N6O3S2. The Bertz CT molecular complexity index is 1120. The van der Waals surface area contributed by atoms with E-state index in [1.54, 1.807) is 10.4 Å². The zero-order valence-corrected chi connectivity index (χ0v) is 16.5. The first-order valence-electron chi connectivity index (χ1n) is 8.44. The number of aryl methyl sites for hydroxylation is 1. The second-order valence-electron chi connectivity index (χ2n) is 6.61. The van der Waals surface area contributed by atoms with Gasteiger partial charge in [0.1, 0.15) is 16.1 Å². The molecule has 1 amide bonds. The number of thiazole rings is 1. The maximum Gasteiger partial charge on any atom is 0.265 e. The molecule has 4 rings (SSSR count). The van der Waals surface area contributed by atoms with Gasteiger partial charge < -0.3 is 4.90 Å². The van der Waals surface area contributed by atoms with Crippen molar-refractivity contribution in [3.8, 4) is 0 Å². The van der Waals surface area contributed by atoms with E-state index in [4.69, 9.17) is 0 Å². The second-order valence-corrected chi connectivity index (χ2v) is 9.45. The molecule has 1 aliphatic heterocycles. The predicted molar refractivity (Wildman–Crippen MR) is 98.6 cm³/mol. The van der Waals surface area contributed by atoms with Crippen molar-refractivity contribution in [1.82, 2.24) is 29.5 Å². The van der Waals surface area contributed by atoms with Gasteiger partial charge in [-0.15, -0.1) is 11.3 Å². The third-order valence-corrected chi connectivity index (χ3v) is 6.77. The first kappa shape index (κ1) is 18.0. The van der Waals surface area contributed by atoms with Crippen LogP contribution >= 0.6 is 11.3 Å². The molecule has 9 nitrogen and oxygen atoms in total. The molecule has 142 valence electrons. The Morgan fingerprint density at radius 3 is 2.81 bits per heavy atom. The standard InChI is InChI=1S/C16H18N6O3S2/c1-10-14(26-9-19-10)15(23)21-5-3-4-11(7-21)13-12(27(2,24)25)6-17-16-18-8-20-22(13)16/h6,8-9,11H,3-5,7H2,1-2H3/t11-/m1/s1. The van der Waals surface area contributed by atoms with Gasteiger partial charge in [-0.1, -0.05) is 0 Å². The molecule has 3 aromatic heterocycles. The maximum atomic E-state index is 12.9. The summed E-state index contributed by atoms with van der Waals surface area (Å²) >= 11 is 1.32. The number of amides is 1. The van der Waals surface area contributed by atoms with E-state index in [9.17, 15) is 13.2 Å². The summed E-state index contributed by atoms with van der Waals surface area (Å²) in [5.41, 5.74) is 2.91. The molecule has 0 aromatic carbocycles. The van der Waals surface area contributed by atoms with E-state index in [0.29, 0.717) is 35.1 Å². The number of rotatable bonds is 3. The van der Waals surface area contributed by atoms with Crippen molar-refractivity contribution in [3.63, 3.8) is 0 Å². The van der Waals surface area contributed by atoms with Crippen LogP contribution in [0.4, 0.5) is 0 Å². The molecule has 0 unspecified atom stereocenters. The van der Waals surface area contributed by atoms with E-state index in [0.717, 1.165) is 19.1 Å². The van der Waals surface area contributed by atoms with E-state index in [1.165, 1.54) is 28.4 Å². The van der Waals surface area contributed by atoms with Crippen molar-refractivity contribution in [2.45, 2.75) is 30.6 Å². The van der Waals surface area contributed by atoms with Crippen LogP contribution < -0.4 is 0 Å². The average Bonchev–Trinajstić information content (AvgIpc) is 3.28. The Hall–Kier alpha value is -2.40. The topological polar surface area (TPSA) is 110 Å². The summed E-state index contributed by atoms with van der Waals surface area (Å²) < 4.78 is 26.1. The average molecular weight is 406 g/mol. The lowest BCUT2D eigenvalue weighted by atomic mass is 9.94. The molecule has 1 saturated heterocycles. The van der Waals surface area contributed by atoms with Crippen LogP contribution in [0.3, 0.4) is 0 Å². The van der Waals surface area contributed by atoms with E-state index >= 15 is 0 Å². The van der Waals surface area contributed by atoms with Crippen LogP contribution in [0.25, 0.3) is 5.78 Å². The molecule has 11 heteroatoms. The van der Waals surface area contributed by atoms with Crippen LogP contribution in [-0.4, -0.2) is 63.1 Å². The molecule has 1 aliphatic rings. The lowest BCUT2D eigenvalue weighted by Crippen LogP contribution is -2.40. The van der Waals surface area contributed by atoms with Crippen LogP contribution in [0.2, 0.25) is 0 Å². The van der Waals surface area contributed by atoms with Crippen molar-refractivity contribution >= 4 is 32.9 Å². The van der Waals surface area contributed by atoms with Crippen LogP contribution in [0, 0.1) is 6.92 Å². The molecule has 1 atom stereocenters. The Balaban J connectivity index is 1.74. The van der Waals surface area contributed by atoms with Gasteiger partial charge in [0, 0.05) is 25.3 Å². The van der Waals surface area contributed by atoms with Gasteiger partial charge in [-0.3, -0.25) is 4.79 Å². The quantitative estimate of drug-likeness (QED) is 0.645. The van der Waals surface area contributed by atoms with Gasteiger partial charge >= 0.3 is 0 Å². The van der Waals surface area contributed by atoms with Gasteiger partial charge in [0.25, 0.3) is 11.7 Å². The summed E-state index contributed by atoms with van der Waals surface area (Å²) in [5, 5.41) is 4.17. The van der Waals surface area contributed by atoms with Crippen LogP contribution in [0.15, 0.2) is 22.9 Å². The lowest BCUT2D eigenvalue weighted by molar-refractivity contribution is 0.0708. The summed E-state index contributed by atoms with van der Waals surface area (Å²) in [6.07, 6.45) is 5.37. The van der Waals surface area contributed by atoms with Crippen molar-refractivity contribution in [2.75, 3.05) is 19.3 Å². The maximum absolute atomic E-state index is 12.9. The minimum absolute atomic E-state index is 0.0653. The number of sulfone groups is 1. The van der Waals surface area contributed by atoms with Gasteiger partial charge in [-0.2, -0.15) is 14.6 Å². The minimum atomic E-state index is -3.50. The summed E-state index contributed by atoms with van der Waals surface area (Å²) in [6, 6.07) is 0. The summed E-state index contributed by atoms with van der Waals surface area (Å²) in [4.78, 5) is 27.7. The molecule has 0 spiro atoms. The van der Waals surface area contributed by atoms with Crippen molar-refractivity contribution < 1.29 is 13.2 Å². The Labute approximate surface area is 160 Å². The van der Waals surface area contributed by atoms with Gasteiger partial charge in [0.2, 0.25) is 0 Å². The molecule has 0 saturated carbocycles. The smallest absolute Gasteiger partial charge is 0.265 e. The number of fused-ring (bicyclic) bond motifs is 1. The van der Waals surface area contributed by atoms with Crippen molar-refractivity contribution in [1.29, 1.82) is 0 Å².